The number of fused-ring (bicyclic) bond motifs is 3. The third-order valence-corrected chi connectivity index (χ3v) is 12.0. The maximum atomic E-state index is 6.71. The Balaban J connectivity index is 0.935. The summed E-state index contributed by atoms with van der Waals surface area (Å²) in [4.78, 5) is 5.09. The SMILES string of the molecule is Cc1cc(-n2c3ccc(-c4ccccc4)cc3c3ccc(Oc4cccc(Nc5ccccc5Nc5c(-c6ccccc6)cccc5-c5ccccc5)c4)cc32)ncc1-c1ccccc1. The van der Waals surface area contributed by atoms with Gasteiger partial charge in [-0.05, 0) is 94.9 Å². The van der Waals surface area contributed by atoms with Crippen molar-refractivity contribution in [1.29, 1.82) is 0 Å². The lowest BCUT2D eigenvalue weighted by Crippen LogP contribution is -2.01. The van der Waals surface area contributed by atoms with E-state index in [-0.39, 0.29) is 0 Å². The van der Waals surface area contributed by atoms with Gasteiger partial charge in [-0.2, -0.15) is 0 Å². The fraction of sp³-hybridized carbons (Fsp3) is 0.0167. The first-order valence-corrected chi connectivity index (χ1v) is 21.9. The van der Waals surface area contributed by atoms with E-state index in [0.29, 0.717) is 0 Å². The highest BCUT2D eigenvalue weighted by atomic mass is 16.5. The van der Waals surface area contributed by atoms with Crippen LogP contribution in [0, 0.1) is 6.92 Å². The minimum Gasteiger partial charge on any atom is -0.457 e. The van der Waals surface area contributed by atoms with Gasteiger partial charge in [0.05, 0.1) is 28.1 Å². The Kier molecular flexibility index (Phi) is 10.4. The van der Waals surface area contributed by atoms with Crippen LogP contribution in [0.25, 0.3) is 72.1 Å². The standard InChI is InChI=1S/C60H44N4O/c1-41-36-59(61-40-54(41)45-24-12-5-13-25-45)64-57-35-32-46(42-18-6-2-7-19-42)37-53(57)52-34-33-49(39-58(52)64)65-48-27-16-26-47(38-48)62-55-30-14-15-31-56(55)63-60-50(43-20-8-3-9-21-43)28-17-29-51(60)44-22-10-4-11-23-44/h2-40,62-63H,1H3. The molecule has 5 heteroatoms. The second-order valence-corrected chi connectivity index (χ2v) is 16.2. The van der Waals surface area contributed by atoms with Gasteiger partial charge >= 0.3 is 0 Å². The van der Waals surface area contributed by atoms with Crippen LogP contribution < -0.4 is 15.4 Å². The summed E-state index contributed by atoms with van der Waals surface area (Å²) in [6.07, 6.45) is 1.99. The predicted octanol–water partition coefficient (Wildman–Crippen LogP) is 16.4. The Morgan fingerprint density at radius 3 is 1.62 bits per heavy atom. The van der Waals surface area contributed by atoms with E-state index in [0.717, 1.165) is 101 Å². The lowest BCUT2D eigenvalue weighted by atomic mass is 9.95. The number of hydrogen-bond acceptors (Lipinski definition) is 4. The maximum absolute atomic E-state index is 6.71. The van der Waals surface area contributed by atoms with Crippen molar-refractivity contribution in [3.63, 3.8) is 0 Å². The van der Waals surface area contributed by atoms with Gasteiger partial charge in [-0.25, -0.2) is 4.98 Å². The molecule has 310 valence electrons. The van der Waals surface area contributed by atoms with Gasteiger partial charge in [0, 0.05) is 51.5 Å². The molecule has 0 aliphatic carbocycles. The monoisotopic (exact) mass is 836 g/mol. The van der Waals surface area contributed by atoms with E-state index in [1.165, 1.54) is 11.1 Å². The van der Waals surface area contributed by atoms with Crippen LogP contribution in [0.1, 0.15) is 5.56 Å². The molecule has 65 heavy (non-hydrogen) atoms. The molecule has 0 fully saturated rings. The van der Waals surface area contributed by atoms with Gasteiger partial charge in [-0.1, -0.05) is 164 Å². The highest BCUT2D eigenvalue weighted by Crippen LogP contribution is 2.42. The molecule has 0 amide bonds. The van der Waals surface area contributed by atoms with Crippen LogP contribution in [0.5, 0.6) is 11.5 Å². The summed E-state index contributed by atoms with van der Waals surface area (Å²) in [6, 6.07) is 80.3. The quantitative estimate of drug-likeness (QED) is 0.136. The van der Waals surface area contributed by atoms with Crippen LogP contribution >= 0.6 is 0 Å². The normalized spacial score (nSPS) is 11.2. The first kappa shape index (κ1) is 39.2. The van der Waals surface area contributed by atoms with E-state index >= 15 is 0 Å². The van der Waals surface area contributed by atoms with Crippen molar-refractivity contribution in [2.24, 2.45) is 0 Å². The summed E-state index contributed by atoms with van der Waals surface area (Å²) in [5, 5.41) is 9.83. The van der Waals surface area contributed by atoms with Crippen LogP contribution in [-0.2, 0) is 0 Å². The van der Waals surface area contributed by atoms with E-state index in [4.69, 9.17) is 9.72 Å². The smallest absolute Gasteiger partial charge is 0.137 e. The van der Waals surface area contributed by atoms with Crippen LogP contribution in [0.3, 0.4) is 0 Å². The van der Waals surface area contributed by atoms with Crippen molar-refractivity contribution < 1.29 is 4.74 Å². The first-order chi connectivity index (χ1) is 32.1. The summed E-state index contributed by atoms with van der Waals surface area (Å²) in [5.41, 5.74) is 16.2. The number of para-hydroxylation sites is 3. The van der Waals surface area contributed by atoms with Crippen LogP contribution in [0.15, 0.2) is 237 Å². The van der Waals surface area contributed by atoms with Gasteiger partial charge in [0.1, 0.15) is 17.3 Å². The minimum atomic E-state index is 0.718. The molecule has 0 bridgehead atoms. The fourth-order valence-corrected chi connectivity index (χ4v) is 8.87. The minimum absolute atomic E-state index is 0.718. The molecular formula is C60H44N4O. The summed E-state index contributed by atoms with van der Waals surface area (Å²) in [7, 11) is 0. The summed E-state index contributed by atoms with van der Waals surface area (Å²) in [5.74, 6) is 2.30. The molecule has 0 saturated heterocycles. The van der Waals surface area contributed by atoms with E-state index in [9.17, 15) is 0 Å². The van der Waals surface area contributed by atoms with Crippen molar-refractivity contribution in [1.82, 2.24) is 9.55 Å². The Hall–Kier alpha value is -8.67. The second kappa shape index (κ2) is 17.2. The number of nitrogens with zero attached hydrogens (tertiary/aromatic N) is 2. The van der Waals surface area contributed by atoms with Crippen LogP contribution in [0.4, 0.5) is 22.7 Å². The lowest BCUT2D eigenvalue weighted by molar-refractivity contribution is 0.483. The third kappa shape index (κ3) is 7.88. The fourth-order valence-electron chi connectivity index (χ4n) is 8.87. The van der Waals surface area contributed by atoms with Gasteiger partial charge in [0.25, 0.3) is 0 Å². The van der Waals surface area contributed by atoms with Crippen LogP contribution in [-0.4, -0.2) is 9.55 Å². The molecular weight excluding hydrogens is 793 g/mol. The average molecular weight is 837 g/mol. The van der Waals surface area contributed by atoms with Gasteiger partial charge in [0.15, 0.2) is 0 Å². The number of benzene rings is 9. The van der Waals surface area contributed by atoms with Crippen molar-refractivity contribution >= 4 is 44.6 Å². The lowest BCUT2D eigenvalue weighted by Gasteiger charge is -2.20. The molecule has 0 radical (unpaired) electrons. The van der Waals surface area contributed by atoms with E-state index in [1.54, 1.807) is 0 Å². The van der Waals surface area contributed by atoms with Gasteiger partial charge < -0.3 is 15.4 Å². The van der Waals surface area contributed by atoms with Gasteiger partial charge in [-0.3, -0.25) is 4.57 Å². The predicted molar refractivity (Wildman–Crippen MR) is 271 cm³/mol. The van der Waals surface area contributed by atoms with Crippen molar-refractivity contribution in [3.05, 3.63) is 242 Å². The molecule has 0 aliphatic heterocycles. The molecule has 0 atom stereocenters. The number of hydrogen-bond donors (Lipinski definition) is 2. The van der Waals surface area contributed by atoms with Crippen molar-refractivity contribution in [2.75, 3.05) is 10.6 Å². The number of ether oxygens (including phenoxy) is 1. The molecule has 0 aliphatic rings. The average Bonchev–Trinajstić information content (AvgIpc) is 3.68. The summed E-state index contributed by atoms with van der Waals surface area (Å²) < 4.78 is 8.97. The zero-order valence-corrected chi connectivity index (χ0v) is 35.8. The highest BCUT2D eigenvalue weighted by molar-refractivity contribution is 6.11. The molecule has 9 aromatic carbocycles. The number of aryl methyl sites for hydroxylation is 1. The Labute approximate surface area is 378 Å². The number of anilines is 4. The van der Waals surface area contributed by atoms with Crippen molar-refractivity contribution in [3.8, 4) is 61.8 Å². The van der Waals surface area contributed by atoms with Crippen molar-refractivity contribution in [2.45, 2.75) is 6.92 Å². The second-order valence-electron chi connectivity index (χ2n) is 16.2. The molecule has 0 spiro atoms. The largest absolute Gasteiger partial charge is 0.457 e. The van der Waals surface area contributed by atoms with Crippen LogP contribution in [0.2, 0.25) is 0 Å². The Morgan fingerprint density at radius 2 is 0.969 bits per heavy atom. The number of rotatable bonds is 11. The number of aromatic nitrogens is 2. The number of pyridine rings is 1. The molecule has 2 heterocycles. The van der Waals surface area contributed by atoms with E-state index in [2.05, 4.69) is 228 Å². The van der Waals surface area contributed by atoms with E-state index in [1.807, 2.05) is 30.5 Å². The summed E-state index contributed by atoms with van der Waals surface area (Å²) >= 11 is 0. The molecule has 0 unspecified atom stereocenters. The molecule has 11 rings (SSSR count). The molecule has 11 aromatic rings. The first-order valence-electron chi connectivity index (χ1n) is 21.9. The summed E-state index contributed by atoms with van der Waals surface area (Å²) in [6.45, 7) is 2.16. The molecule has 0 saturated carbocycles. The zero-order chi connectivity index (χ0) is 43.5. The topological polar surface area (TPSA) is 51.1 Å². The third-order valence-electron chi connectivity index (χ3n) is 12.0. The van der Waals surface area contributed by atoms with Gasteiger partial charge in [-0.15, -0.1) is 0 Å². The highest BCUT2D eigenvalue weighted by Gasteiger charge is 2.18. The molecule has 5 nitrogen and oxygen atoms in total. The molecule has 2 N–H and O–H groups in total. The Morgan fingerprint density at radius 1 is 0.400 bits per heavy atom. The molecule has 2 aromatic heterocycles. The van der Waals surface area contributed by atoms with Gasteiger partial charge in [0.2, 0.25) is 0 Å². The number of nitrogens with one attached hydrogen (secondary N) is 2. The zero-order valence-electron chi connectivity index (χ0n) is 35.8. The Bertz CT molecular complexity index is 3400. The maximum Gasteiger partial charge on any atom is 0.137 e. The van der Waals surface area contributed by atoms with E-state index < -0.39 is 0 Å².